The number of piperidine rings is 1. The molecule has 1 aromatic carbocycles. The number of nitro benzene ring substituents is 1. The summed E-state index contributed by atoms with van der Waals surface area (Å²) in [6.45, 7) is 3.92. The number of thioether (sulfide) groups is 1. The Labute approximate surface area is 151 Å². The van der Waals surface area contributed by atoms with Crippen molar-refractivity contribution < 1.29 is 14.5 Å². The first kappa shape index (κ1) is 19.2. The van der Waals surface area contributed by atoms with E-state index in [0.29, 0.717) is 38.2 Å². The third-order valence-corrected chi connectivity index (χ3v) is 5.17. The first-order valence-corrected chi connectivity index (χ1v) is 9.42. The predicted octanol–water partition coefficient (Wildman–Crippen LogP) is 2.45. The van der Waals surface area contributed by atoms with Crippen LogP contribution in [0, 0.1) is 16.0 Å². The van der Waals surface area contributed by atoms with Crippen molar-refractivity contribution in [3.8, 4) is 0 Å². The van der Waals surface area contributed by atoms with E-state index in [9.17, 15) is 19.7 Å². The maximum atomic E-state index is 12.3. The smallest absolute Gasteiger partial charge is 0.269 e. The molecule has 0 spiro atoms. The zero-order valence-electron chi connectivity index (χ0n) is 14.3. The zero-order chi connectivity index (χ0) is 18.2. The molecule has 1 aromatic rings. The number of nitro groups is 1. The highest BCUT2D eigenvalue weighted by molar-refractivity contribution is 8.00. The first-order valence-electron chi connectivity index (χ1n) is 8.44. The lowest BCUT2D eigenvalue weighted by atomic mass is 9.96. The van der Waals surface area contributed by atoms with Gasteiger partial charge in [0, 0.05) is 42.6 Å². The van der Waals surface area contributed by atoms with Crippen LogP contribution in [0.1, 0.15) is 26.2 Å². The summed E-state index contributed by atoms with van der Waals surface area (Å²) >= 11 is 1.37. The Morgan fingerprint density at radius 1 is 1.28 bits per heavy atom. The monoisotopic (exact) mass is 365 g/mol. The number of hydrogen-bond acceptors (Lipinski definition) is 5. The van der Waals surface area contributed by atoms with Crippen LogP contribution < -0.4 is 5.32 Å². The van der Waals surface area contributed by atoms with Gasteiger partial charge in [0.15, 0.2) is 0 Å². The van der Waals surface area contributed by atoms with Gasteiger partial charge in [0.2, 0.25) is 11.8 Å². The molecular formula is C17H23N3O4S. The van der Waals surface area contributed by atoms with Crippen LogP contribution in [0.25, 0.3) is 0 Å². The number of rotatable bonds is 7. The van der Waals surface area contributed by atoms with Crippen LogP contribution in [0.4, 0.5) is 5.69 Å². The summed E-state index contributed by atoms with van der Waals surface area (Å²) in [4.78, 5) is 37.0. The topological polar surface area (TPSA) is 92.6 Å². The second kappa shape index (κ2) is 9.41. The molecule has 2 amide bonds. The van der Waals surface area contributed by atoms with Crippen molar-refractivity contribution in [3.63, 3.8) is 0 Å². The van der Waals surface area contributed by atoms with Gasteiger partial charge in [0.1, 0.15) is 0 Å². The van der Waals surface area contributed by atoms with Crippen molar-refractivity contribution in [2.75, 3.05) is 25.4 Å². The molecule has 0 aliphatic carbocycles. The minimum atomic E-state index is -0.444. The number of amides is 2. The lowest BCUT2D eigenvalue weighted by Crippen LogP contribution is -2.43. The molecule has 0 aromatic heterocycles. The fourth-order valence-corrected chi connectivity index (χ4v) is 3.49. The lowest BCUT2D eigenvalue weighted by molar-refractivity contribution is -0.384. The average molecular weight is 365 g/mol. The van der Waals surface area contributed by atoms with E-state index in [0.717, 1.165) is 11.3 Å². The van der Waals surface area contributed by atoms with Gasteiger partial charge in [0.25, 0.3) is 5.69 Å². The van der Waals surface area contributed by atoms with Crippen molar-refractivity contribution in [2.45, 2.75) is 31.1 Å². The van der Waals surface area contributed by atoms with Crippen molar-refractivity contribution >= 4 is 29.3 Å². The van der Waals surface area contributed by atoms with E-state index in [1.54, 1.807) is 17.0 Å². The molecule has 7 nitrogen and oxygen atoms in total. The number of likely N-dealkylation sites (tertiary alicyclic amines) is 1. The van der Waals surface area contributed by atoms with E-state index in [1.165, 1.54) is 23.9 Å². The molecule has 0 atom stereocenters. The number of hydrogen-bond donors (Lipinski definition) is 1. The molecule has 0 bridgehead atoms. The fourth-order valence-electron chi connectivity index (χ4n) is 2.68. The molecule has 1 fully saturated rings. The Morgan fingerprint density at radius 3 is 2.48 bits per heavy atom. The van der Waals surface area contributed by atoms with Gasteiger partial charge < -0.3 is 10.2 Å². The van der Waals surface area contributed by atoms with Crippen molar-refractivity contribution in [1.82, 2.24) is 10.2 Å². The normalized spacial score (nSPS) is 15.0. The summed E-state index contributed by atoms with van der Waals surface area (Å²) in [5.41, 5.74) is 0.0408. The number of nitrogens with zero attached hydrogens (tertiary/aromatic N) is 2. The van der Waals surface area contributed by atoms with Crippen LogP contribution in [0.15, 0.2) is 29.2 Å². The summed E-state index contributed by atoms with van der Waals surface area (Å²) < 4.78 is 0. The minimum absolute atomic E-state index is 0.00192. The van der Waals surface area contributed by atoms with Gasteiger partial charge in [-0.15, -0.1) is 11.8 Å². The molecule has 1 heterocycles. The van der Waals surface area contributed by atoms with E-state index >= 15 is 0 Å². The molecule has 1 aliphatic rings. The number of carbonyl (C=O) groups excluding carboxylic acids is 2. The van der Waals surface area contributed by atoms with Crippen LogP contribution in [-0.2, 0) is 9.59 Å². The molecule has 25 heavy (non-hydrogen) atoms. The molecule has 2 rings (SSSR count). The van der Waals surface area contributed by atoms with Gasteiger partial charge >= 0.3 is 0 Å². The summed E-state index contributed by atoms with van der Waals surface area (Å²) in [5, 5.41) is 13.5. The summed E-state index contributed by atoms with van der Waals surface area (Å²) in [6.07, 6.45) is 2.32. The number of non-ortho nitro benzene ring substituents is 1. The average Bonchev–Trinajstić information content (AvgIpc) is 2.64. The summed E-state index contributed by atoms with van der Waals surface area (Å²) in [7, 11) is 0. The molecular weight excluding hydrogens is 342 g/mol. The van der Waals surface area contributed by atoms with Gasteiger partial charge in [-0.1, -0.05) is 6.92 Å². The molecule has 0 saturated carbocycles. The Bertz CT molecular complexity index is 613. The van der Waals surface area contributed by atoms with Gasteiger partial charge in [0.05, 0.1) is 10.7 Å². The summed E-state index contributed by atoms with van der Waals surface area (Å²) in [6, 6.07) is 6.18. The van der Waals surface area contributed by atoms with Crippen LogP contribution in [-0.4, -0.2) is 47.0 Å². The van der Waals surface area contributed by atoms with Crippen LogP contribution >= 0.6 is 11.8 Å². The predicted molar refractivity (Wildman–Crippen MR) is 96.4 cm³/mol. The highest BCUT2D eigenvalue weighted by Crippen LogP contribution is 2.23. The lowest BCUT2D eigenvalue weighted by Gasteiger charge is -2.31. The molecule has 8 heteroatoms. The number of carbonyl (C=O) groups is 2. The van der Waals surface area contributed by atoms with E-state index in [2.05, 4.69) is 5.32 Å². The van der Waals surface area contributed by atoms with E-state index in [-0.39, 0.29) is 23.4 Å². The highest BCUT2D eigenvalue weighted by atomic mass is 32.2. The third-order valence-electron chi connectivity index (χ3n) is 4.18. The highest BCUT2D eigenvalue weighted by Gasteiger charge is 2.26. The molecule has 1 aliphatic heterocycles. The maximum Gasteiger partial charge on any atom is 0.269 e. The van der Waals surface area contributed by atoms with Gasteiger partial charge in [-0.3, -0.25) is 19.7 Å². The Hall–Kier alpha value is -2.09. The van der Waals surface area contributed by atoms with Crippen molar-refractivity contribution in [2.24, 2.45) is 5.92 Å². The van der Waals surface area contributed by atoms with Crippen molar-refractivity contribution in [1.29, 1.82) is 0 Å². The number of nitrogens with one attached hydrogen (secondary N) is 1. The minimum Gasteiger partial charge on any atom is -0.356 e. The first-order chi connectivity index (χ1) is 12.0. The van der Waals surface area contributed by atoms with Gasteiger partial charge in [-0.2, -0.15) is 0 Å². The Balaban J connectivity index is 1.75. The largest absolute Gasteiger partial charge is 0.356 e. The second-order valence-corrected chi connectivity index (χ2v) is 7.03. The van der Waals surface area contributed by atoms with Gasteiger partial charge in [-0.25, -0.2) is 0 Å². The third kappa shape index (κ3) is 5.74. The fraction of sp³-hybridized carbons (Fsp3) is 0.529. The van der Waals surface area contributed by atoms with Crippen LogP contribution in [0.2, 0.25) is 0 Å². The van der Waals surface area contributed by atoms with Crippen LogP contribution in [0.5, 0.6) is 0 Å². The standard InChI is InChI=1S/C17H23N3O4S/c1-2-9-18-17(22)13-7-10-19(11-8-13)16(21)12-25-15-5-3-14(4-6-15)20(23)24/h3-6,13H,2,7-12H2,1H3,(H,18,22). The van der Waals surface area contributed by atoms with Crippen LogP contribution in [0.3, 0.4) is 0 Å². The maximum absolute atomic E-state index is 12.3. The van der Waals surface area contributed by atoms with E-state index in [1.807, 2.05) is 6.92 Å². The quantitative estimate of drug-likeness (QED) is 0.455. The summed E-state index contributed by atoms with van der Waals surface area (Å²) in [5.74, 6) is 0.424. The van der Waals surface area contributed by atoms with E-state index in [4.69, 9.17) is 0 Å². The Morgan fingerprint density at radius 2 is 1.92 bits per heavy atom. The number of benzene rings is 1. The molecule has 1 N–H and O–H groups in total. The molecule has 0 unspecified atom stereocenters. The zero-order valence-corrected chi connectivity index (χ0v) is 15.1. The molecule has 136 valence electrons. The SMILES string of the molecule is CCCNC(=O)C1CCN(C(=O)CSc2ccc([N+](=O)[O-])cc2)CC1. The molecule has 1 saturated heterocycles. The van der Waals surface area contributed by atoms with E-state index < -0.39 is 4.92 Å². The van der Waals surface area contributed by atoms with Gasteiger partial charge in [-0.05, 0) is 31.4 Å². The second-order valence-electron chi connectivity index (χ2n) is 5.99. The Kier molecular flexibility index (Phi) is 7.24. The van der Waals surface area contributed by atoms with Crippen molar-refractivity contribution in [3.05, 3.63) is 34.4 Å². The molecule has 0 radical (unpaired) electrons.